The van der Waals surface area contributed by atoms with Gasteiger partial charge in [0.25, 0.3) is 11.8 Å². The van der Waals surface area contributed by atoms with Gasteiger partial charge in [-0.25, -0.2) is 0 Å². The van der Waals surface area contributed by atoms with E-state index in [0.29, 0.717) is 11.1 Å². The number of nitrogens with zero attached hydrogens (tertiary/aromatic N) is 1. The molecule has 2 heterocycles. The van der Waals surface area contributed by atoms with Crippen molar-refractivity contribution in [3.05, 3.63) is 35.4 Å². The number of hydrogen-bond acceptors (Lipinski definition) is 4. The van der Waals surface area contributed by atoms with Crippen molar-refractivity contribution in [3.63, 3.8) is 0 Å². The Labute approximate surface area is 122 Å². The summed E-state index contributed by atoms with van der Waals surface area (Å²) in [5.41, 5.74) is 0.745. The molecule has 3 amide bonds. The summed E-state index contributed by atoms with van der Waals surface area (Å²) in [4.78, 5) is 37.3. The Morgan fingerprint density at radius 1 is 1.14 bits per heavy atom. The third-order valence-electron chi connectivity index (χ3n) is 3.88. The van der Waals surface area contributed by atoms with E-state index >= 15 is 0 Å². The Kier molecular flexibility index (Phi) is 3.70. The monoisotopic (exact) mass is 287 g/mol. The summed E-state index contributed by atoms with van der Waals surface area (Å²) in [6.07, 6.45) is 1.74. The summed E-state index contributed by atoms with van der Waals surface area (Å²) in [6.45, 7) is 1.53. The SMILES string of the molecule is O=C(CN1C(=O)c2ccccc2C1=O)NC1CCNCC1. The standard InChI is InChI=1S/C15H17N3O3/c19-13(17-10-5-7-16-8-6-10)9-18-14(20)11-3-1-2-4-12(11)15(18)21/h1-4,10,16H,5-9H2,(H,17,19). The number of rotatable bonds is 3. The van der Waals surface area contributed by atoms with E-state index < -0.39 is 11.8 Å². The van der Waals surface area contributed by atoms with Crippen LogP contribution in [0, 0.1) is 0 Å². The number of amides is 3. The first kappa shape index (κ1) is 13.8. The Bertz CT molecular complexity index is 559. The maximum absolute atomic E-state index is 12.1. The molecule has 1 fully saturated rings. The van der Waals surface area contributed by atoms with Crippen LogP contribution in [-0.2, 0) is 4.79 Å². The van der Waals surface area contributed by atoms with E-state index in [1.807, 2.05) is 0 Å². The first-order valence-electron chi connectivity index (χ1n) is 7.12. The fraction of sp³-hybridized carbons (Fsp3) is 0.400. The maximum Gasteiger partial charge on any atom is 0.262 e. The lowest BCUT2D eigenvalue weighted by Gasteiger charge is -2.24. The first-order chi connectivity index (χ1) is 10.2. The van der Waals surface area contributed by atoms with Gasteiger partial charge in [0.1, 0.15) is 6.54 Å². The van der Waals surface area contributed by atoms with E-state index in [2.05, 4.69) is 10.6 Å². The van der Waals surface area contributed by atoms with Crippen molar-refractivity contribution in [2.45, 2.75) is 18.9 Å². The minimum Gasteiger partial charge on any atom is -0.352 e. The number of fused-ring (bicyclic) bond motifs is 1. The lowest BCUT2D eigenvalue weighted by atomic mass is 10.1. The number of piperidine rings is 1. The third kappa shape index (κ3) is 2.67. The van der Waals surface area contributed by atoms with Crippen molar-refractivity contribution in [3.8, 4) is 0 Å². The zero-order chi connectivity index (χ0) is 14.8. The topological polar surface area (TPSA) is 78.5 Å². The van der Waals surface area contributed by atoms with E-state index in [1.54, 1.807) is 24.3 Å². The zero-order valence-corrected chi connectivity index (χ0v) is 11.6. The van der Waals surface area contributed by atoms with Gasteiger partial charge in [0.15, 0.2) is 0 Å². The normalized spacial score (nSPS) is 18.8. The van der Waals surface area contributed by atoms with Crippen molar-refractivity contribution in [2.24, 2.45) is 0 Å². The largest absolute Gasteiger partial charge is 0.352 e. The quantitative estimate of drug-likeness (QED) is 0.776. The highest BCUT2D eigenvalue weighted by Gasteiger charge is 2.36. The van der Waals surface area contributed by atoms with Crippen LogP contribution in [0.4, 0.5) is 0 Å². The van der Waals surface area contributed by atoms with Crippen LogP contribution in [0.3, 0.4) is 0 Å². The first-order valence-corrected chi connectivity index (χ1v) is 7.12. The van der Waals surface area contributed by atoms with Crippen molar-refractivity contribution < 1.29 is 14.4 Å². The molecule has 0 atom stereocenters. The summed E-state index contributed by atoms with van der Waals surface area (Å²) in [7, 11) is 0. The van der Waals surface area contributed by atoms with E-state index in [1.165, 1.54) is 0 Å². The van der Waals surface area contributed by atoms with Crippen LogP contribution in [0.1, 0.15) is 33.6 Å². The summed E-state index contributed by atoms with van der Waals surface area (Å²) < 4.78 is 0. The van der Waals surface area contributed by atoms with Gasteiger partial charge in [0.2, 0.25) is 5.91 Å². The average molecular weight is 287 g/mol. The van der Waals surface area contributed by atoms with Gasteiger partial charge in [0, 0.05) is 6.04 Å². The van der Waals surface area contributed by atoms with E-state index in [-0.39, 0.29) is 18.5 Å². The number of nitrogens with one attached hydrogen (secondary N) is 2. The number of hydrogen-bond donors (Lipinski definition) is 2. The molecular weight excluding hydrogens is 270 g/mol. The summed E-state index contributed by atoms with van der Waals surface area (Å²) >= 11 is 0. The molecule has 1 aromatic rings. The minimum atomic E-state index is -0.393. The molecule has 0 aliphatic carbocycles. The maximum atomic E-state index is 12.1. The highest BCUT2D eigenvalue weighted by atomic mass is 16.2. The van der Waals surface area contributed by atoms with Crippen LogP contribution in [0.5, 0.6) is 0 Å². The number of imide groups is 1. The van der Waals surface area contributed by atoms with Gasteiger partial charge in [-0.2, -0.15) is 0 Å². The van der Waals surface area contributed by atoms with Crippen molar-refractivity contribution in [1.29, 1.82) is 0 Å². The molecule has 0 saturated carbocycles. The van der Waals surface area contributed by atoms with Crippen LogP contribution in [0.15, 0.2) is 24.3 Å². The number of carbonyl (C=O) groups excluding carboxylic acids is 3. The predicted molar refractivity (Wildman–Crippen MR) is 75.8 cm³/mol. The van der Waals surface area contributed by atoms with E-state index in [9.17, 15) is 14.4 Å². The summed E-state index contributed by atoms with van der Waals surface area (Å²) in [6, 6.07) is 6.76. The Balaban J connectivity index is 1.64. The van der Waals surface area contributed by atoms with Gasteiger partial charge < -0.3 is 10.6 Å². The van der Waals surface area contributed by atoms with E-state index in [4.69, 9.17) is 0 Å². The van der Waals surface area contributed by atoms with Gasteiger partial charge in [-0.05, 0) is 38.1 Å². The number of benzene rings is 1. The van der Waals surface area contributed by atoms with Gasteiger partial charge in [-0.1, -0.05) is 12.1 Å². The molecule has 0 unspecified atom stereocenters. The molecule has 1 aromatic carbocycles. The lowest BCUT2D eigenvalue weighted by Crippen LogP contribution is -2.47. The van der Waals surface area contributed by atoms with Crippen LogP contribution in [0.2, 0.25) is 0 Å². The Hall–Kier alpha value is -2.21. The summed E-state index contributed by atoms with van der Waals surface area (Å²) in [5, 5.41) is 6.11. The zero-order valence-electron chi connectivity index (χ0n) is 11.6. The minimum absolute atomic E-state index is 0.119. The second kappa shape index (κ2) is 5.65. The fourth-order valence-corrected chi connectivity index (χ4v) is 2.77. The molecule has 110 valence electrons. The molecule has 0 radical (unpaired) electrons. The van der Waals surface area contributed by atoms with Crippen molar-refractivity contribution in [1.82, 2.24) is 15.5 Å². The molecule has 1 saturated heterocycles. The highest BCUT2D eigenvalue weighted by molar-refractivity contribution is 6.22. The predicted octanol–water partition coefficient (Wildman–Crippen LogP) is 0.151. The van der Waals surface area contributed by atoms with Gasteiger partial charge in [0.05, 0.1) is 11.1 Å². The molecule has 2 aliphatic rings. The molecular formula is C15H17N3O3. The Morgan fingerprint density at radius 3 is 2.29 bits per heavy atom. The highest BCUT2D eigenvalue weighted by Crippen LogP contribution is 2.21. The molecule has 0 aromatic heterocycles. The Morgan fingerprint density at radius 2 is 1.71 bits per heavy atom. The van der Waals surface area contributed by atoms with Crippen LogP contribution < -0.4 is 10.6 Å². The molecule has 2 aliphatic heterocycles. The molecule has 0 bridgehead atoms. The van der Waals surface area contributed by atoms with Gasteiger partial charge in [-0.3, -0.25) is 19.3 Å². The third-order valence-corrected chi connectivity index (χ3v) is 3.88. The second-order valence-electron chi connectivity index (χ2n) is 5.33. The van der Waals surface area contributed by atoms with E-state index in [0.717, 1.165) is 30.8 Å². The number of carbonyl (C=O) groups is 3. The van der Waals surface area contributed by atoms with Gasteiger partial charge in [-0.15, -0.1) is 0 Å². The second-order valence-corrected chi connectivity index (χ2v) is 5.33. The summed E-state index contributed by atoms with van der Waals surface area (Å²) in [5.74, 6) is -1.07. The van der Waals surface area contributed by atoms with Crippen molar-refractivity contribution in [2.75, 3.05) is 19.6 Å². The van der Waals surface area contributed by atoms with Crippen LogP contribution >= 0.6 is 0 Å². The van der Waals surface area contributed by atoms with Crippen LogP contribution in [-0.4, -0.2) is 48.3 Å². The fourth-order valence-electron chi connectivity index (χ4n) is 2.77. The molecule has 2 N–H and O–H groups in total. The molecule has 3 rings (SSSR count). The molecule has 6 nitrogen and oxygen atoms in total. The lowest BCUT2D eigenvalue weighted by molar-refractivity contribution is -0.122. The average Bonchev–Trinajstić information content (AvgIpc) is 2.74. The molecule has 0 spiro atoms. The van der Waals surface area contributed by atoms with Gasteiger partial charge >= 0.3 is 0 Å². The smallest absolute Gasteiger partial charge is 0.262 e. The molecule has 21 heavy (non-hydrogen) atoms. The van der Waals surface area contributed by atoms with Crippen molar-refractivity contribution >= 4 is 17.7 Å². The van der Waals surface area contributed by atoms with Crippen LogP contribution in [0.25, 0.3) is 0 Å². The molecule has 6 heteroatoms.